The first-order chi connectivity index (χ1) is 12.9. The summed E-state index contributed by atoms with van der Waals surface area (Å²) >= 11 is 6.11. The van der Waals surface area contributed by atoms with Crippen LogP contribution < -0.4 is 9.04 Å². The van der Waals surface area contributed by atoms with E-state index >= 15 is 0 Å². The molecule has 27 heavy (non-hydrogen) atoms. The Balaban J connectivity index is 2.05. The number of rotatable bonds is 6. The van der Waals surface area contributed by atoms with Gasteiger partial charge in [-0.3, -0.25) is 4.31 Å². The van der Waals surface area contributed by atoms with Gasteiger partial charge in [-0.1, -0.05) is 47.5 Å². The first-order valence-electron chi connectivity index (χ1n) is 8.38. The van der Waals surface area contributed by atoms with Crippen LogP contribution in [0.2, 0.25) is 5.02 Å². The monoisotopic (exact) mass is 401 g/mol. The number of halogens is 1. The Morgan fingerprint density at radius 2 is 1.63 bits per heavy atom. The molecule has 0 fully saturated rings. The zero-order chi connectivity index (χ0) is 19.4. The van der Waals surface area contributed by atoms with Crippen LogP contribution in [0.3, 0.4) is 0 Å². The highest BCUT2D eigenvalue weighted by atomic mass is 35.5. The summed E-state index contributed by atoms with van der Waals surface area (Å²) in [4.78, 5) is 0.190. The first kappa shape index (κ1) is 19.3. The van der Waals surface area contributed by atoms with Gasteiger partial charge in [0.15, 0.2) is 0 Å². The maximum Gasteiger partial charge on any atom is 0.264 e. The highest BCUT2D eigenvalue weighted by Gasteiger charge is 2.25. The molecule has 140 valence electrons. The molecule has 4 nitrogen and oxygen atoms in total. The molecule has 3 aromatic rings. The van der Waals surface area contributed by atoms with Crippen molar-refractivity contribution < 1.29 is 13.2 Å². The van der Waals surface area contributed by atoms with Crippen LogP contribution in [-0.4, -0.2) is 15.5 Å². The Hall–Kier alpha value is -2.50. The zero-order valence-corrected chi connectivity index (χ0v) is 16.7. The molecule has 0 radical (unpaired) electrons. The quantitative estimate of drug-likeness (QED) is 0.580. The normalized spacial score (nSPS) is 11.2. The summed E-state index contributed by atoms with van der Waals surface area (Å²) in [5.74, 6) is 0.599. The minimum atomic E-state index is -3.79. The molecular weight excluding hydrogens is 382 g/mol. The van der Waals surface area contributed by atoms with Gasteiger partial charge < -0.3 is 4.74 Å². The van der Waals surface area contributed by atoms with Crippen molar-refractivity contribution in [2.45, 2.75) is 18.4 Å². The second kappa shape index (κ2) is 8.03. The van der Waals surface area contributed by atoms with Gasteiger partial charge in [0, 0.05) is 5.02 Å². The predicted molar refractivity (Wildman–Crippen MR) is 109 cm³/mol. The fourth-order valence-electron chi connectivity index (χ4n) is 2.68. The van der Waals surface area contributed by atoms with Crippen molar-refractivity contribution in [1.82, 2.24) is 0 Å². The van der Waals surface area contributed by atoms with E-state index in [-0.39, 0.29) is 11.4 Å². The molecule has 0 amide bonds. The number of hydrogen-bond donors (Lipinski definition) is 0. The molecule has 0 bridgehead atoms. The highest BCUT2D eigenvalue weighted by Crippen LogP contribution is 2.29. The van der Waals surface area contributed by atoms with Crippen molar-refractivity contribution in [3.05, 3.63) is 88.9 Å². The van der Waals surface area contributed by atoms with E-state index in [9.17, 15) is 8.42 Å². The third-order valence-corrected chi connectivity index (χ3v) is 6.21. The third-order valence-electron chi connectivity index (χ3n) is 4.19. The molecule has 6 heteroatoms. The van der Waals surface area contributed by atoms with Crippen molar-refractivity contribution in [3.63, 3.8) is 0 Å². The van der Waals surface area contributed by atoms with Gasteiger partial charge in [0.05, 0.1) is 24.2 Å². The molecule has 3 rings (SSSR count). The highest BCUT2D eigenvalue weighted by molar-refractivity contribution is 7.92. The van der Waals surface area contributed by atoms with Crippen LogP contribution in [0.4, 0.5) is 5.69 Å². The van der Waals surface area contributed by atoms with Crippen LogP contribution in [0.1, 0.15) is 11.1 Å². The molecule has 0 unspecified atom stereocenters. The fourth-order valence-corrected chi connectivity index (χ4v) is 4.31. The van der Waals surface area contributed by atoms with E-state index < -0.39 is 10.0 Å². The van der Waals surface area contributed by atoms with Gasteiger partial charge in [0.25, 0.3) is 10.0 Å². The maximum atomic E-state index is 13.4. The number of ether oxygens (including phenoxy) is 1. The van der Waals surface area contributed by atoms with E-state index in [1.54, 1.807) is 55.6 Å². The van der Waals surface area contributed by atoms with Crippen LogP contribution in [0, 0.1) is 6.92 Å². The number of nitrogens with zero attached hydrogens (tertiary/aromatic N) is 1. The summed E-state index contributed by atoms with van der Waals surface area (Å²) in [5, 5.41) is 0.478. The minimum absolute atomic E-state index is 0.190. The van der Waals surface area contributed by atoms with E-state index in [2.05, 4.69) is 0 Å². The number of anilines is 1. The Morgan fingerprint density at radius 3 is 2.22 bits per heavy atom. The number of benzene rings is 3. The van der Waals surface area contributed by atoms with Crippen LogP contribution >= 0.6 is 11.6 Å². The summed E-state index contributed by atoms with van der Waals surface area (Å²) in [6.45, 7) is 2.20. The topological polar surface area (TPSA) is 46.6 Å². The van der Waals surface area contributed by atoms with Crippen LogP contribution in [-0.2, 0) is 16.6 Å². The lowest BCUT2D eigenvalue weighted by Gasteiger charge is -2.25. The van der Waals surface area contributed by atoms with Crippen molar-refractivity contribution >= 4 is 27.3 Å². The van der Waals surface area contributed by atoms with Crippen molar-refractivity contribution in [2.24, 2.45) is 0 Å². The van der Waals surface area contributed by atoms with Crippen molar-refractivity contribution in [3.8, 4) is 5.75 Å². The minimum Gasteiger partial charge on any atom is -0.497 e. The SMILES string of the molecule is COc1ccc(S(=O)(=O)N(Cc2ccc(C)cc2)c2cccc(Cl)c2)cc1. The molecule has 0 aliphatic heterocycles. The Bertz CT molecular complexity index is 1020. The second-order valence-corrected chi connectivity index (χ2v) is 8.45. The van der Waals surface area contributed by atoms with Gasteiger partial charge in [0.2, 0.25) is 0 Å². The maximum absolute atomic E-state index is 13.4. The Kier molecular flexibility index (Phi) is 5.73. The molecule has 0 aliphatic carbocycles. The van der Waals surface area contributed by atoms with Crippen molar-refractivity contribution in [1.29, 1.82) is 0 Å². The lowest BCUT2D eigenvalue weighted by atomic mass is 10.1. The second-order valence-electron chi connectivity index (χ2n) is 6.15. The molecule has 0 spiro atoms. The van der Waals surface area contributed by atoms with E-state index in [1.165, 1.54) is 4.31 Å². The van der Waals surface area contributed by atoms with Crippen LogP contribution in [0.5, 0.6) is 5.75 Å². The smallest absolute Gasteiger partial charge is 0.264 e. The standard InChI is InChI=1S/C21H20ClNO3S/c1-16-6-8-17(9-7-16)15-23(19-5-3-4-18(22)14-19)27(24,25)21-12-10-20(26-2)11-13-21/h3-14H,15H2,1-2H3. The largest absolute Gasteiger partial charge is 0.497 e. The number of aryl methyl sites for hydroxylation is 1. The summed E-state index contributed by atoms with van der Waals surface area (Å²) in [6, 6.07) is 21.0. The van der Waals surface area contributed by atoms with E-state index in [0.717, 1.165) is 11.1 Å². The number of sulfonamides is 1. The third kappa shape index (κ3) is 4.43. The molecule has 3 aromatic carbocycles. The van der Waals surface area contributed by atoms with Gasteiger partial charge >= 0.3 is 0 Å². The van der Waals surface area contributed by atoms with E-state index in [0.29, 0.717) is 16.5 Å². The van der Waals surface area contributed by atoms with Crippen LogP contribution in [0.25, 0.3) is 0 Å². The van der Waals surface area contributed by atoms with Gasteiger partial charge in [-0.25, -0.2) is 8.42 Å². The Labute approximate surface area is 165 Å². The molecule has 0 N–H and O–H groups in total. The average molecular weight is 402 g/mol. The molecule has 0 saturated heterocycles. The van der Waals surface area contributed by atoms with Gasteiger partial charge in [-0.2, -0.15) is 0 Å². The number of hydrogen-bond acceptors (Lipinski definition) is 3. The van der Waals surface area contributed by atoms with E-state index in [1.807, 2.05) is 31.2 Å². The van der Waals surface area contributed by atoms with Gasteiger partial charge in [-0.15, -0.1) is 0 Å². The summed E-state index contributed by atoms with van der Waals surface area (Å²) in [6.07, 6.45) is 0. The molecule has 0 aliphatic rings. The Morgan fingerprint density at radius 1 is 0.963 bits per heavy atom. The first-order valence-corrected chi connectivity index (χ1v) is 10.2. The van der Waals surface area contributed by atoms with Crippen molar-refractivity contribution in [2.75, 3.05) is 11.4 Å². The lowest BCUT2D eigenvalue weighted by Crippen LogP contribution is -2.30. The molecule has 0 atom stereocenters. The predicted octanol–water partition coefficient (Wildman–Crippen LogP) is 5.05. The summed E-state index contributed by atoms with van der Waals surface area (Å²) < 4.78 is 33.2. The van der Waals surface area contributed by atoms with Gasteiger partial charge in [0.1, 0.15) is 5.75 Å². The van der Waals surface area contributed by atoms with Gasteiger partial charge in [-0.05, 0) is 55.0 Å². The molecule has 0 saturated carbocycles. The van der Waals surface area contributed by atoms with E-state index in [4.69, 9.17) is 16.3 Å². The number of methoxy groups -OCH3 is 1. The fraction of sp³-hybridized carbons (Fsp3) is 0.143. The lowest BCUT2D eigenvalue weighted by molar-refractivity contribution is 0.414. The zero-order valence-electron chi connectivity index (χ0n) is 15.1. The average Bonchev–Trinajstić information content (AvgIpc) is 2.67. The van der Waals surface area contributed by atoms with Crippen LogP contribution in [0.15, 0.2) is 77.7 Å². The summed E-state index contributed by atoms with van der Waals surface area (Å²) in [7, 11) is -2.24. The molecule has 0 aromatic heterocycles. The summed E-state index contributed by atoms with van der Waals surface area (Å²) in [5.41, 5.74) is 2.52. The molecule has 0 heterocycles. The molecular formula is C21H20ClNO3S.